The van der Waals surface area contributed by atoms with Crippen molar-refractivity contribution in [3.05, 3.63) is 75.3 Å². The van der Waals surface area contributed by atoms with E-state index in [1.165, 1.54) is 12.1 Å². The molecule has 0 spiro atoms. The third-order valence-electron chi connectivity index (χ3n) is 3.78. The Bertz CT molecular complexity index is 772. The number of aliphatic hydroxyl groups is 1. The maximum Gasteiger partial charge on any atom is 0.457 e. The molecule has 1 atom stereocenters. The highest BCUT2D eigenvalue weighted by Gasteiger charge is 2.71. The fourth-order valence-electron chi connectivity index (χ4n) is 2.35. The molecule has 1 unspecified atom stereocenters. The molecule has 0 aromatic heterocycles. The number of halogens is 5. The fraction of sp³-hybridized carbons (Fsp3) is 0.250. The van der Waals surface area contributed by atoms with Crippen LogP contribution in [-0.2, 0) is 5.60 Å². The molecule has 134 valence electrons. The second-order valence-corrected chi connectivity index (χ2v) is 5.45. The summed E-state index contributed by atoms with van der Waals surface area (Å²) >= 11 is 0. The van der Waals surface area contributed by atoms with Gasteiger partial charge in [-0.15, -0.1) is 0 Å². The Morgan fingerprint density at radius 3 is 1.64 bits per heavy atom. The van der Waals surface area contributed by atoms with Crippen molar-refractivity contribution >= 4 is 5.69 Å². The lowest BCUT2D eigenvalue weighted by Crippen LogP contribution is -2.55. The monoisotopic (exact) mass is 361 g/mol. The molecule has 0 radical (unpaired) electrons. The van der Waals surface area contributed by atoms with Crippen molar-refractivity contribution in [2.24, 2.45) is 0 Å². The molecule has 2 aromatic carbocycles. The molecule has 0 saturated heterocycles. The molecular weight excluding hydrogens is 349 g/mol. The van der Waals surface area contributed by atoms with Gasteiger partial charge in [-0.1, -0.05) is 29.8 Å². The van der Waals surface area contributed by atoms with Crippen molar-refractivity contribution in [2.45, 2.75) is 24.6 Å². The molecule has 1 N–H and O–H groups in total. The Hall–Kier alpha value is -2.55. The Balaban J connectivity index is 2.72. The van der Waals surface area contributed by atoms with Crippen LogP contribution < -0.4 is 0 Å². The fourth-order valence-corrected chi connectivity index (χ4v) is 2.35. The molecule has 25 heavy (non-hydrogen) atoms. The van der Waals surface area contributed by atoms with E-state index in [1.54, 1.807) is 6.92 Å². The summed E-state index contributed by atoms with van der Waals surface area (Å²) in [5.74, 6) is -5.54. The van der Waals surface area contributed by atoms with Crippen LogP contribution in [0.25, 0.3) is 0 Å². The molecule has 4 nitrogen and oxygen atoms in total. The average Bonchev–Trinajstić information content (AvgIpc) is 2.53. The molecule has 0 amide bonds. The number of nitro groups is 1. The van der Waals surface area contributed by atoms with Crippen molar-refractivity contribution in [3.8, 4) is 0 Å². The predicted octanol–water partition coefficient (Wildman–Crippen LogP) is 4.34. The predicted molar refractivity (Wildman–Crippen MR) is 78.3 cm³/mol. The molecule has 2 rings (SSSR count). The van der Waals surface area contributed by atoms with Gasteiger partial charge in [0.1, 0.15) is 0 Å². The van der Waals surface area contributed by atoms with Crippen LogP contribution in [-0.4, -0.2) is 22.1 Å². The third kappa shape index (κ3) is 3.07. The smallest absolute Gasteiger partial charge is 0.374 e. The van der Waals surface area contributed by atoms with E-state index in [0.29, 0.717) is 17.7 Å². The quantitative estimate of drug-likeness (QED) is 0.501. The number of aryl methyl sites for hydroxylation is 1. The maximum absolute atomic E-state index is 14.2. The van der Waals surface area contributed by atoms with Crippen molar-refractivity contribution in [3.63, 3.8) is 0 Å². The van der Waals surface area contributed by atoms with Crippen LogP contribution in [0.1, 0.15) is 16.7 Å². The first-order valence-corrected chi connectivity index (χ1v) is 6.90. The minimum absolute atomic E-state index is 0.509. The number of hydrogen-bond acceptors (Lipinski definition) is 3. The second kappa shape index (κ2) is 6.07. The topological polar surface area (TPSA) is 63.4 Å². The van der Waals surface area contributed by atoms with Gasteiger partial charge in [-0.3, -0.25) is 10.1 Å². The Labute approximate surface area is 138 Å². The van der Waals surface area contributed by atoms with Gasteiger partial charge in [0.15, 0.2) is 5.60 Å². The van der Waals surface area contributed by atoms with Gasteiger partial charge in [-0.05, 0) is 30.2 Å². The number of benzene rings is 2. The number of alkyl halides is 5. The van der Waals surface area contributed by atoms with E-state index in [1.807, 2.05) is 0 Å². The number of nitrogens with zero attached hydrogens (tertiary/aromatic N) is 1. The van der Waals surface area contributed by atoms with Gasteiger partial charge in [-0.2, -0.15) is 22.0 Å². The summed E-state index contributed by atoms with van der Waals surface area (Å²) < 4.78 is 67.3. The van der Waals surface area contributed by atoms with E-state index < -0.39 is 39.4 Å². The SMILES string of the molecule is Cc1ccc(C(O)(c2ccc([N+](=O)[O-])cc2)C(F)(F)C(F)(F)F)cc1. The minimum atomic E-state index is -6.05. The van der Waals surface area contributed by atoms with Crippen molar-refractivity contribution in [1.82, 2.24) is 0 Å². The number of non-ortho nitro benzene ring substituents is 1. The van der Waals surface area contributed by atoms with Gasteiger partial charge >= 0.3 is 12.1 Å². The highest BCUT2D eigenvalue weighted by molar-refractivity contribution is 5.44. The summed E-state index contributed by atoms with van der Waals surface area (Å²) in [6, 6.07) is 7.32. The van der Waals surface area contributed by atoms with Crippen LogP contribution in [0.4, 0.5) is 27.6 Å². The molecule has 0 aliphatic rings. The minimum Gasteiger partial charge on any atom is -0.374 e. The maximum atomic E-state index is 14.2. The number of nitro benzene ring substituents is 1. The number of hydrogen-bond donors (Lipinski definition) is 1. The van der Waals surface area contributed by atoms with Crippen LogP contribution in [0.3, 0.4) is 0 Å². The largest absolute Gasteiger partial charge is 0.457 e. The molecule has 0 bridgehead atoms. The Morgan fingerprint density at radius 1 is 0.880 bits per heavy atom. The van der Waals surface area contributed by atoms with Gasteiger partial charge in [0.2, 0.25) is 0 Å². The van der Waals surface area contributed by atoms with Crippen LogP contribution >= 0.6 is 0 Å². The van der Waals surface area contributed by atoms with Gasteiger partial charge in [0.05, 0.1) is 4.92 Å². The van der Waals surface area contributed by atoms with Gasteiger partial charge in [0.25, 0.3) is 5.69 Å². The van der Waals surface area contributed by atoms with E-state index in [2.05, 4.69) is 0 Å². The summed E-state index contributed by atoms with van der Waals surface area (Å²) in [5, 5.41) is 21.1. The van der Waals surface area contributed by atoms with Crippen molar-refractivity contribution < 1.29 is 32.0 Å². The first-order chi connectivity index (χ1) is 11.4. The van der Waals surface area contributed by atoms with E-state index in [-0.39, 0.29) is 0 Å². The van der Waals surface area contributed by atoms with Crippen molar-refractivity contribution in [1.29, 1.82) is 0 Å². The normalized spacial score (nSPS) is 14.8. The van der Waals surface area contributed by atoms with E-state index in [4.69, 9.17) is 0 Å². The molecule has 2 aromatic rings. The van der Waals surface area contributed by atoms with Crippen LogP contribution in [0.2, 0.25) is 0 Å². The van der Waals surface area contributed by atoms with Crippen molar-refractivity contribution in [2.75, 3.05) is 0 Å². The van der Waals surface area contributed by atoms with E-state index >= 15 is 0 Å². The molecule has 0 fully saturated rings. The molecule has 0 aliphatic heterocycles. The average molecular weight is 361 g/mol. The standard InChI is InChI=1S/C16H12F5NO3/c1-10-2-4-11(5-3-10)14(23,15(17,18)16(19,20)21)12-6-8-13(9-7-12)22(24)25/h2-9,23H,1H3. The zero-order chi connectivity index (χ0) is 19.0. The summed E-state index contributed by atoms with van der Waals surface area (Å²) in [7, 11) is 0. The van der Waals surface area contributed by atoms with E-state index in [9.17, 15) is 37.2 Å². The van der Waals surface area contributed by atoms with Gasteiger partial charge in [0, 0.05) is 12.1 Å². The second-order valence-electron chi connectivity index (χ2n) is 5.45. The highest BCUT2D eigenvalue weighted by Crippen LogP contribution is 2.51. The first-order valence-electron chi connectivity index (χ1n) is 6.90. The Morgan fingerprint density at radius 2 is 1.28 bits per heavy atom. The highest BCUT2D eigenvalue weighted by atomic mass is 19.4. The summed E-state index contributed by atoms with van der Waals surface area (Å²) in [6.45, 7) is 1.59. The van der Waals surface area contributed by atoms with Crippen LogP contribution in [0.5, 0.6) is 0 Å². The van der Waals surface area contributed by atoms with Gasteiger partial charge in [-0.25, -0.2) is 0 Å². The zero-order valence-corrected chi connectivity index (χ0v) is 12.7. The lowest BCUT2D eigenvalue weighted by atomic mass is 9.80. The molecule has 0 heterocycles. The third-order valence-corrected chi connectivity index (χ3v) is 3.78. The van der Waals surface area contributed by atoms with Gasteiger partial charge < -0.3 is 5.11 Å². The zero-order valence-electron chi connectivity index (χ0n) is 12.7. The van der Waals surface area contributed by atoms with Crippen LogP contribution in [0, 0.1) is 17.0 Å². The summed E-state index contributed by atoms with van der Waals surface area (Å²) in [4.78, 5) is 9.80. The lowest BCUT2D eigenvalue weighted by Gasteiger charge is -2.37. The van der Waals surface area contributed by atoms with Crippen LogP contribution in [0.15, 0.2) is 48.5 Å². The summed E-state index contributed by atoms with van der Waals surface area (Å²) in [6.07, 6.45) is -6.05. The lowest BCUT2D eigenvalue weighted by molar-refractivity contribution is -0.384. The first kappa shape index (κ1) is 18.8. The Kier molecular flexibility index (Phi) is 4.56. The molecule has 9 heteroatoms. The van der Waals surface area contributed by atoms with E-state index in [0.717, 1.165) is 24.3 Å². The summed E-state index contributed by atoms with van der Waals surface area (Å²) in [5.41, 5.74) is -5.16. The molecular formula is C16H12F5NO3. The molecule has 0 saturated carbocycles. The number of rotatable bonds is 4. The molecule has 0 aliphatic carbocycles.